The van der Waals surface area contributed by atoms with Gasteiger partial charge in [-0.25, -0.2) is 4.98 Å². The molecule has 2 aromatic carbocycles. The first-order valence-electron chi connectivity index (χ1n) is 9.48. The van der Waals surface area contributed by atoms with Gasteiger partial charge in [0.15, 0.2) is 16.9 Å². The number of anilines is 1. The number of benzene rings is 2. The van der Waals surface area contributed by atoms with Crippen molar-refractivity contribution in [1.29, 1.82) is 0 Å². The molecule has 4 rings (SSSR count). The molecule has 1 aliphatic heterocycles. The summed E-state index contributed by atoms with van der Waals surface area (Å²) in [6.45, 7) is 2.94. The van der Waals surface area contributed by atoms with Gasteiger partial charge >= 0.3 is 0 Å². The molecule has 1 aromatic heterocycles. The maximum atomic E-state index is 12.7. The number of aliphatic hydroxyl groups excluding tert-OH is 1. The highest BCUT2D eigenvalue weighted by molar-refractivity contribution is 7.13. The number of ketones is 1. The summed E-state index contributed by atoms with van der Waals surface area (Å²) in [4.78, 5) is 21.7. The first-order chi connectivity index (χ1) is 14.1. The lowest BCUT2D eigenvalue weighted by Gasteiger charge is -2.18. The summed E-state index contributed by atoms with van der Waals surface area (Å²) in [5.41, 5.74) is 3.33. The van der Waals surface area contributed by atoms with Crippen LogP contribution in [0.15, 0.2) is 65.0 Å². The van der Waals surface area contributed by atoms with Crippen LogP contribution in [0.1, 0.15) is 40.0 Å². The molecule has 0 saturated carbocycles. The van der Waals surface area contributed by atoms with Crippen molar-refractivity contribution in [2.75, 3.05) is 18.4 Å². The molecule has 0 aliphatic carbocycles. The Balaban J connectivity index is 1.49. The molecule has 0 spiro atoms. The number of carbonyl (C=O) groups excluding carboxylic acids is 1. The lowest BCUT2D eigenvalue weighted by Crippen LogP contribution is -2.42. The second-order valence-electron chi connectivity index (χ2n) is 6.97. The maximum Gasteiger partial charge on any atom is 0.197 e. The van der Waals surface area contributed by atoms with Gasteiger partial charge < -0.3 is 15.7 Å². The van der Waals surface area contributed by atoms with Crippen LogP contribution in [0.25, 0.3) is 0 Å². The van der Waals surface area contributed by atoms with Crippen LogP contribution in [0.2, 0.25) is 0 Å². The van der Waals surface area contributed by atoms with Gasteiger partial charge in [0.05, 0.1) is 18.3 Å². The van der Waals surface area contributed by atoms with Crippen molar-refractivity contribution in [1.82, 2.24) is 10.3 Å². The standard InChI is InChI=1S/C22H22N4O2S/c1-14(19-13-29-22(25-19)26-21-23-11-18(27)12-24-21)16-8-5-9-17(10-16)20(28)15-6-3-2-4-7-15/h2-10,13-14,18,27H,11-12H2,1H3,(H2,23,24,25,26). The Hall–Kier alpha value is -3.03. The second kappa shape index (κ2) is 8.55. The lowest BCUT2D eigenvalue weighted by atomic mass is 9.94. The number of aliphatic hydroxyl groups is 1. The number of nitrogens with one attached hydrogen (secondary N) is 2. The summed E-state index contributed by atoms with van der Waals surface area (Å²) in [7, 11) is 0. The predicted octanol–water partition coefficient (Wildman–Crippen LogP) is 3.26. The Morgan fingerprint density at radius 2 is 2.00 bits per heavy atom. The van der Waals surface area contributed by atoms with Crippen molar-refractivity contribution in [3.8, 4) is 0 Å². The molecular formula is C22H22N4O2S. The van der Waals surface area contributed by atoms with E-state index in [-0.39, 0.29) is 11.7 Å². The number of hydrogen-bond acceptors (Lipinski definition) is 7. The number of nitrogens with zero attached hydrogens (tertiary/aromatic N) is 2. The van der Waals surface area contributed by atoms with Crippen LogP contribution in [-0.4, -0.2) is 41.0 Å². The SMILES string of the molecule is CC(c1cccc(C(=O)c2ccccc2)c1)c1csc(NC2=NCC(O)CN2)n1. The Labute approximate surface area is 173 Å². The highest BCUT2D eigenvalue weighted by Gasteiger charge is 2.17. The van der Waals surface area contributed by atoms with E-state index in [0.29, 0.717) is 30.2 Å². The number of hydrogen-bond donors (Lipinski definition) is 3. The lowest BCUT2D eigenvalue weighted by molar-refractivity contribution is 0.103. The highest BCUT2D eigenvalue weighted by atomic mass is 32.1. The number of rotatable bonds is 5. The van der Waals surface area contributed by atoms with Gasteiger partial charge in [0.2, 0.25) is 0 Å². The Morgan fingerprint density at radius 1 is 1.21 bits per heavy atom. The largest absolute Gasteiger partial charge is 0.389 e. The van der Waals surface area contributed by atoms with Gasteiger partial charge in [-0.3, -0.25) is 9.79 Å². The normalized spacial score (nSPS) is 17.2. The molecular weight excluding hydrogens is 384 g/mol. The van der Waals surface area contributed by atoms with Gasteiger partial charge in [0.25, 0.3) is 0 Å². The third-order valence-electron chi connectivity index (χ3n) is 4.84. The molecule has 3 N–H and O–H groups in total. The zero-order chi connectivity index (χ0) is 20.2. The highest BCUT2D eigenvalue weighted by Crippen LogP contribution is 2.28. The number of thiazole rings is 1. The molecule has 0 radical (unpaired) electrons. The van der Waals surface area contributed by atoms with E-state index in [1.54, 1.807) is 0 Å². The maximum absolute atomic E-state index is 12.7. The van der Waals surface area contributed by atoms with Crippen molar-refractivity contribution in [2.24, 2.45) is 4.99 Å². The van der Waals surface area contributed by atoms with Crippen LogP contribution in [0, 0.1) is 0 Å². The van der Waals surface area contributed by atoms with Crippen molar-refractivity contribution in [2.45, 2.75) is 18.9 Å². The Kier molecular flexibility index (Phi) is 5.69. The molecule has 3 aromatic rings. The minimum absolute atomic E-state index is 0.0175. The first-order valence-corrected chi connectivity index (χ1v) is 10.4. The van der Waals surface area contributed by atoms with E-state index in [9.17, 15) is 9.90 Å². The molecule has 0 bridgehead atoms. The molecule has 7 heteroatoms. The van der Waals surface area contributed by atoms with Gasteiger partial charge in [-0.2, -0.15) is 0 Å². The molecule has 0 amide bonds. The average molecular weight is 407 g/mol. The number of guanidine groups is 1. The van der Waals surface area contributed by atoms with Crippen LogP contribution in [0.3, 0.4) is 0 Å². The summed E-state index contributed by atoms with van der Waals surface area (Å²) in [5.74, 6) is 0.691. The van der Waals surface area contributed by atoms with E-state index < -0.39 is 6.10 Å². The molecule has 148 valence electrons. The van der Waals surface area contributed by atoms with E-state index in [2.05, 4.69) is 27.5 Å². The molecule has 2 atom stereocenters. The van der Waals surface area contributed by atoms with Crippen LogP contribution in [0.5, 0.6) is 0 Å². The summed E-state index contributed by atoms with van der Waals surface area (Å²) >= 11 is 1.50. The zero-order valence-corrected chi connectivity index (χ0v) is 16.8. The first kappa shape index (κ1) is 19.3. The summed E-state index contributed by atoms with van der Waals surface area (Å²) in [6, 6.07) is 17.0. The van der Waals surface area contributed by atoms with Crippen LogP contribution < -0.4 is 10.6 Å². The smallest absolute Gasteiger partial charge is 0.197 e. The molecule has 0 saturated heterocycles. The van der Waals surface area contributed by atoms with E-state index in [1.165, 1.54) is 11.3 Å². The molecule has 29 heavy (non-hydrogen) atoms. The zero-order valence-electron chi connectivity index (χ0n) is 16.0. The Morgan fingerprint density at radius 3 is 2.76 bits per heavy atom. The van der Waals surface area contributed by atoms with E-state index in [0.717, 1.165) is 16.4 Å². The van der Waals surface area contributed by atoms with Gasteiger partial charge in [0.1, 0.15) is 0 Å². The van der Waals surface area contributed by atoms with Gasteiger partial charge in [-0.05, 0) is 11.6 Å². The molecule has 2 unspecified atom stereocenters. The minimum atomic E-state index is -0.446. The Bertz CT molecular complexity index is 1030. The fraction of sp³-hybridized carbons (Fsp3) is 0.227. The van der Waals surface area contributed by atoms with E-state index in [1.807, 2.05) is 60.0 Å². The van der Waals surface area contributed by atoms with Crippen molar-refractivity contribution in [3.63, 3.8) is 0 Å². The fourth-order valence-corrected chi connectivity index (χ4v) is 3.94. The number of aromatic nitrogens is 1. The van der Waals surface area contributed by atoms with Crippen LogP contribution in [0.4, 0.5) is 5.13 Å². The van der Waals surface area contributed by atoms with Crippen molar-refractivity contribution < 1.29 is 9.90 Å². The second-order valence-corrected chi connectivity index (χ2v) is 7.83. The van der Waals surface area contributed by atoms with Gasteiger partial charge in [0, 0.05) is 29.0 Å². The summed E-state index contributed by atoms with van der Waals surface area (Å²) in [6.07, 6.45) is -0.446. The molecule has 2 heterocycles. The predicted molar refractivity (Wildman–Crippen MR) is 116 cm³/mol. The van der Waals surface area contributed by atoms with Crippen LogP contribution in [-0.2, 0) is 0 Å². The number of carbonyl (C=O) groups is 1. The fourth-order valence-electron chi connectivity index (χ4n) is 3.14. The molecule has 1 aliphatic rings. The van der Waals surface area contributed by atoms with Crippen molar-refractivity contribution >= 4 is 28.2 Å². The van der Waals surface area contributed by atoms with E-state index >= 15 is 0 Å². The summed E-state index contributed by atoms with van der Waals surface area (Å²) < 4.78 is 0. The summed E-state index contributed by atoms with van der Waals surface area (Å²) in [5, 5.41) is 18.4. The van der Waals surface area contributed by atoms with Crippen LogP contribution >= 0.6 is 11.3 Å². The quantitative estimate of drug-likeness (QED) is 0.566. The third kappa shape index (κ3) is 4.52. The number of aliphatic imine (C=N–C) groups is 1. The molecule has 6 nitrogen and oxygen atoms in total. The topological polar surface area (TPSA) is 86.6 Å². The van der Waals surface area contributed by atoms with E-state index in [4.69, 9.17) is 0 Å². The average Bonchev–Trinajstić information content (AvgIpc) is 3.23. The van der Waals surface area contributed by atoms with Gasteiger partial charge in [-0.1, -0.05) is 55.5 Å². The van der Waals surface area contributed by atoms with Crippen molar-refractivity contribution in [3.05, 3.63) is 82.4 Å². The molecule has 0 fully saturated rings. The number of β-amino-alcohol motifs (C(OH)–C–C–N with tert-alkyl or cyclic N) is 1. The van der Waals surface area contributed by atoms with Gasteiger partial charge in [-0.15, -0.1) is 11.3 Å². The monoisotopic (exact) mass is 406 g/mol. The third-order valence-corrected chi connectivity index (χ3v) is 5.62. The minimum Gasteiger partial charge on any atom is -0.389 e.